The number of hydrogen-bond acceptors (Lipinski definition) is 7. The minimum absolute atomic E-state index is 0.0129. The van der Waals surface area contributed by atoms with Crippen molar-refractivity contribution in [2.24, 2.45) is 5.41 Å². The first-order valence-electron chi connectivity index (χ1n) is 10.4. The third-order valence-corrected chi connectivity index (χ3v) is 5.12. The Kier molecular flexibility index (Phi) is 8.73. The maximum absolute atomic E-state index is 3.90. The van der Waals surface area contributed by atoms with E-state index in [9.17, 15) is 0 Å². The molecule has 0 aromatic rings. The standard InChI is InChI=1S/C19H43N7/c1-17(2,3)26-19-14-23-8-5-20-11-18(4,12-21-6-9-24-15-19)13-22-7-10-25-16-19/h20-26H,5-16H2,1-4H3. The lowest BCUT2D eigenvalue weighted by Crippen LogP contribution is -2.68. The molecule has 0 radical (unpaired) electrons. The van der Waals surface area contributed by atoms with Gasteiger partial charge in [0.2, 0.25) is 0 Å². The average Bonchev–Trinajstić information content (AvgIpc) is 2.55. The van der Waals surface area contributed by atoms with Crippen molar-refractivity contribution in [1.82, 2.24) is 37.2 Å². The van der Waals surface area contributed by atoms with Crippen LogP contribution < -0.4 is 37.2 Å². The molecule has 3 heterocycles. The van der Waals surface area contributed by atoms with E-state index >= 15 is 0 Å². The van der Waals surface area contributed by atoms with E-state index in [0.29, 0.717) is 0 Å². The van der Waals surface area contributed by atoms with Gasteiger partial charge >= 0.3 is 0 Å². The highest BCUT2D eigenvalue weighted by Gasteiger charge is 2.33. The van der Waals surface area contributed by atoms with E-state index in [2.05, 4.69) is 64.9 Å². The van der Waals surface area contributed by atoms with Gasteiger partial charge in [-0.1, -0.05) is 6.92 Å². The Morgan fingerprint density at radius 1 is 0.577 bits per heavy atom. The van der Waals surface area contributed by atoms with E-state index in [4.69, 9.17) is 0 Å². The Morgan fingerprint density at radius 3 is 1.19 bits per heavy atom. The molecule has 7 N–H and O–H groups in total. The smallest absolute Gasteiger partial charge is 0.0562 e. The monoisotopic (exact) mass is 369 g/mol. The molecule has 0 aliphatic carbocycles. The van der Waals surface area contributed by atoms with E-state index in [1.807, 2.05) is 0 Å². The van der Waals surface area contributed by atoms with Gasteiger partial charge in [-0.2, -0.15) is 0 Å². The molecule has 0 amide bonds. The number of rotatable bonds is 1. The lowest BCUT2D eigenvalue weighted by atomic mass is 9.90. The highest BCUT2D eigenvalue weighted by Crippen LogP contribution is 2.13. The molecule has 3 aliphatic rings. The van der Waals surface area contributed by atoms with Gasteiger partial charge in [0.05, 0.1) is 5.54 Å². The first kappa shape index (κ1) is 22.0. The van der Waals surface area contributed by atoms with Crippen LogP contribution in [0.2, 0.25) is 0 Å². The lowest BCUT2D eigenvalue weighted by molar-refractivity contribution is 0.212. The topological polar surface area (TPSA) is 84.2 Å². The summed E-state index contributed by atoms with van der Waals surface area (Å²) in [4.78, 5) is 0. The van der Waals surface area contributed by atoms with Gasteiger partial charge in [0.1, 0.15) is 0 Å². The fourth-order valence-corrected chi connectivity index (χ4v) is 3.99. The summed E-state index contributed by atoms with van der Waals surface area (Å²) < 4.78 is 0. The Morgan fingerprint density at radius 2 is 0.885 bits per heavy atom. The van der Waals surface area contributed by atoms with Crippen molar-refractivity contribution in [3.05, 3.63) is 0 Å². The Bertz CT molecular complexity index is 350. The Labute approximate surface area is 160 Å². The first-order chi connectivity index (χ1) is 12.3. The van der Waals surface area contributed by atoms with E-state index in [0.717, 1.165) is 78.5 Å². The Balaban J connectivity index is 2.14. The molecule has 3 rings (SSSR count). The van der Waals surface area contributed by atoms with E-state index < -0.39 is 0 Å². The molecule has 0 aromatic heterocycles. The summed E-state index contributed by atoms with van der Waals surface area (Å²) in [7, 11) is 0. The maximum Gasteiger partial charge on any atom is 0.0562 e. The quantitative estimate of drug-likeness (QED) is 0.309. The molecule has 3 saturated heterocycles. The molecule has 7 nitrogen and oxygen atoms in total. The van der Waals surface area contributed by atoms with Crippen LogP contribution in [-0.4, -0.2) is 89.6 Å². The summed E-state index contributed by atoms with van der Waals surface area (Å²) >= 11 is 0. The average molecular weight is 370 g/mol. The zero-order valence-corrected chi connectivity index (χ0v) is 17.5. The van der Waals surface area contributed by atoms with Crippen molar-refractivity contribution in [3.63, 3.8) is 0 Å². The van der Waals surface area contributed by atoms with Crippen molar-refractivity contribution in [1.29, 1.82) is 0 Å². The largest absolute Gasteiger partial charge is 0.315 e. The van der Waals surface area contributed by atoms with Gasteiger partial charge in [0, 0.05) is 89.5 Å². The minimum atomic E-state index is -0.0129. The van der Waals surface area contributed by atoms with Gasteiger partial charge < -0.3 is 37.2 Å². The van der Waals surface area contributed by atoms with E-state index in [1.165, 1.54) is 0 Å². The van der Waals surface area contributed by atoms with Gasteiger partial charge in [0.25, 0.3) is 0 Å². The van der Waals surface area contributed by atoms with Crippen LogP contribution in [0, 0.1) is 5.41 Å². The minimum Gasteiger partial charge on any atom is -0.315 e. The molecule has 26 heavy (non-hydrogen) atoms. The van der Waals surface area contributed by atoms with E-state index in [1.54, 1.807) is 0 Å². The molecule has 7 heteroatoms. The van der Waals surface area contributed by atoms with Crippen molar-refractivity contribution in [2.45, 2.75) is 38.8 Å². The normalized spacial score (nSPS) is 34.2. The molecule has 154 valence electrons. The Hall–Kier alpha value is -0.280. The van der Waals surface area contributed by atoms with Gasteiger partial charge in [-0.15, -0.1) is 0 Å². The second kappa shape index (κ2) is 10.3. The summed E-state index contributed by atoms with van der Waals surface area (Å²) in [5.41, 5.74) is 0.283. The van der Waals surface area contributed by atoms with Crippen molar-refractivity contribution < 1.29 is 0 Å². The molecule has 2 bridgehead atoms. The van der Waals surface area contributed by atoms with E-state index in [-0.39, 0.29) is 16.5 Å². The van der Waals surface area contributed by atoms with Crippen LogP contribution in [0.4, 0.5) is 0 Å². The second-order valence-corrected chi connectivity index (χ2v) is 9.53. The molecule has 0 spiro atoms. The van der Waals surface area contributed by atoms with Crippen LogP contribution in [-0.2, 0) is 0 Å². The molecule has 0 atom stereocenters. The third kappa shape index (κ3) is 8.17. The number of hydrogen-bond donors (Lipinski definition) is 7. The fourth-order valence-electron chi connectivity index (χ4n) is 3.99. The molecular weight excluding hydrogens is 326 g/mol. The van der Waals surface area contributed by atoms with Gasteiger partial charge in [-0.25, -0.2) is 0 Å². The highest BCUT2D eigenvalue weighted by atomic mass is 15.2. The third-order valence-electron chi connectivity index (χ3n) is 5.12. The number of fused-ring (bicyclic) bond motifs is 15. The van der Waals surface area contributed by atoms with Crippen LogP contribution in [0.1, 0.15) is 27.7 Å². The first-order valence-corrected chi connectivity index (χ1v) is 10.4. The molecule has 0 saturated carbocycles. The highest BCUT2D eigenvalue weighted by molar-refractivity contribution is 4.99. The van der Waals surface area contributed by atoms with Crippen LogP contribution in [0.3, 0.4) is 0 Å². The summed E-state index contributed by atoms with van der Waals surface area (Å²) in [6.45, 7) is 21.0. The van der Waals surface area contributed by atoms with Crippen molar-refractivity contribution in [3.8, 4) is 0 Å². The summed E-state index contributed by atoms with van der Waals surface area (Å²) in [6.07, 6.45) is 0. The van der Waals surface area contributed by atoms with Gasteiger partial charge in [0.15, 0.2) is 0 Å². The van der Waals surface area contributed by atoms with Crippen molar-refractivity contribution in [2.75, 3.05) is 78.5 Å². The predicted molar refractivity (Wildman–Crippen MR) is 111 cm³/mol. The van der Waals surface area contributed by atoms with Crippen molar-refractivity contribution >= 4 is 0 Å². The molecule has 0 unspecified atom stereocenters. The maximum atomic E-state index is 3.90. The molecule has 3 aliphatic heterocycles. The zero-order chi connectivity index (χ0) is 18.9. The summed E-state index contributed by atoms with van der Waals surface area (Å²) in [6, 6.07) is 0. The summed E-state index contributed by atoms with van der Waals surface area (Å²) in [5.74, 6) is 0. The predicted octanol–water partition coefficient (Wildman–Crippen LogP) is -1.32. The van der Waals surface area contributed by atoms with Gasteiger partial charge in [-0.3, -0.25) is 0 Å². The van der Waals surface area contributed by atoms with Gasteiger partial charge in [-0.05, 0) is 20.8 Å². The number of nitrogens with one attached hydrogen (secondary N) is 7. The molecular formula is C19H43N7. The van der Waals surface area contributed by atoms with Crippen LogP contribution in [0.5, 0.6) is 0 Å². The zero-order valence-electron chi connectivity index (χ0n) is 17.5. The SMILES string of the molecule is CC12CNCCNCC(NC(C)(C)C)(CNCCNC1)CNCCNC2. The second-order valence-electron chi connectivity index (χ2n) is 9.53. The lowest BCUT2D eigenvalue weighted by Gasteiger charge is -2.42. The fraction of sp³-hybridized carbons (Fsp3) is 1.00. The summed E-state index contributed by atoms with van der Waals surface area (Å²) in [5, 5.41) is 25.9. The van der Waals surface area contributed by atoms with Crippen LogP contribution >= 0.6 is 0 Å². The molecule has 3 fully saturated rings. The van der Waals surface area contributed by atoms with Crippen LogP contribution in [0.15, 0.2) is 0 Å². The van der Waals surface area contributed by atoms with Crippen LogP contribution in [0.25, 0.3) is 0 Å². The molecule has 0 aromatic carbocycles.